The first-order chi connectivity index (χ1) is 9.93. The van der Waals surface area contributed by atoms with E-state index in [4.69, 9.17) is 0 Å². The predicted molar refractivity (Wildman–Crippen MR) is 79.0 cm³/mol. The van der Waals surface area contributed by atoms with Crippen molar-refractivity contribution >= 4 is 23.4 Å². The zero-order valence-corrected chi connectivity index (χ0v) is 12.4. The van der Waals surface area contributed by atoms with Crippen LogP contribution in [0.5, 0.6) is 0 Å². The van der Waals surface area contributed by atoms with Crippen molar-refractivity contribution < 1.29 is 14.4 Å². The minimum atomic E-state index is -0.650. The zero-order chi connectivity index (χ0) is 15.6. The summed E-state index contributed by atoms with van der Waals surface area (Å²) in [4.78, 5) is 37.0. The maximum absolute atomic E-state index is 12.6. The first-order valence-corrected chi connectivity index (χ1v) is 6.93. The number of hydrogen-bond donors (Lipinski definition) is 2. The smallest absolute Gasteiger partial charge is 0.255 e. The average molecular weight is 289 g/mol. The summed E-state index contributed by atoms with van der Waals surface area (Å²) in [5, 5.41) is 5.40. The molecule has 1 atom stereocenters. The van der Waals surface area contributed by atoms with Crippen LogP contribution in [-0.2, 0) is 9.59 Å². The quantitative estimate of drug-likeness (QED) is 0.811. The summed E-state index contributed by atoms with van der Waals surface area (Å²) in [7, 11) is 0. The van der Waals surface area contributed by atoms with Crippen molar-refractivity contribution in [1.82, 2.24) is 10.2 Å². The number of rotatable bonds is 3. The molecule has 0 radical (unpaired) electrons. The number of carbonyl (C=O) groups is 3. The molecule has 0 aliphatic carbocycles. The van der Waals surface area contributed by atoms with E-state index in [0.29, 0.717) is 5.56 Å². The highest BCUT2D eigenvalue weighted by atomic mass is 16.2. The third-order valence-corrected chi connectivity index (χ3v) is 3.52. The minimum absolute atomic E-state index is 0.0971. The molecule has 1 fully saturated rings. The topological polar surface area (TPSA) is 78.5 Å². The largest absolute Gasteiger partial charge is 0.385 e. The number of aryl methyl sites for hydroxylation is 1. The number of piperazine rings is 1. The lowest BCUT2D eigenvalue weighted by Crippen LogP contribution is -2.58. The Bertz CT molecular complexity index is 598. The van der Waals surface area contributed by atoms with Gasteiger partial charge < -0.3 is 10.2 Å². The number of benzene rings is 1. The van der Waals surface area contributed by atoms with E-state index in [2.05, 4.69) is 10.6 Å². The van der Waals surface area contributed by atoms with Gasteiger partial charge in [0, 0.05) is 17.8 Å². The van der Waals surface area contributed by atoms with Crippen LogP contribution in [0.4, 0.5) is 5.69 Å². The molecule has 0 saturated carbocycles. The van der Waals surface area contributed by atoms with E-state index in [0.717, 1.165) is 17.8 Å². The number of amides is 3. The number of carbonyl (C=O) groups excluding carboxylic acids is 3. The van der Waals surface area contributed by atoms with Gasteiger partial charge in [-0.25, -0.2) is 0 Å². The molecule has 1 aliphatic rings. The van der Waals surface area contributed by atoms with Gasteiger partial charge in [-0.3, -0.25) is 19.7 Å². The summed E-state index contributed by atoms with van der Waals surface area (Å²) in [6, 6.07) is 4.77. The number of nitrogens with one attached hydrogen (secondary N) is 2. The summed E-state index contributed by atoms with van der Waals surface area (Å²) in [6.07, 6.45) is 0. The van der Waals surface area contributed by atoms with E-state index in [-0.39, 0.29) is 12.5 Å². The van der Waals surface area contributed by atoms with Gasteiger partial charge in [0.25, 0.3) is 5.91 Å². The molecule has 1 aromatic rings. The van der Waals surface area contributed by atoms with Crippen LogP contribution in [0.15, 0.2) is 18.2 Å². The molecule has 3 amide bonds. The standard InChI is InChI=1S/C15H19N3O3/c1-4-16-11-5-6-12(9(2)7-11)15(21)18-8-13(19)17-14(20)10(18)3/h5-7,10,16H,4,8H2,1-3H3,(H,17,19,20). The number of nitrogens with zero attached hydrogens (tertiary/aromatic N) is 1. The Morgan fingerprint density at radius 3 is 2.76 bits per heavy atom. The summed E-state index contributed by atoms with van der Waals surface area (Å²) >= 11 is 0. The molecule has 2 rings (SSSR count). The highest BCUT2D eigenvalue weighted by Crippen LogP contribution is 2.19. The molecule has 1 heterocycles. The number of anilines is 1. The summed E-state index contributed by atoms with van der Waals surface area (Å²) in [5.74, 6) is -1.19. The second-order valence-electron chi connectivity index (χ2n) is 5.08. The molecular formula is C15H19N3O3. The Kier molecular flexibility index (Phi) is 4.26. The SMILES string of the molecule is CCNc1ccc(C(=O)N2CC(=O)NC(=O)C2C)c(C)c1. The zero-order valence-electron chi connectivity index (χ0n) is 12.4. The van der Waals surface area contributed by atoms with Gasteiger partial charge in [0.1, 0.15) is 12.6 Å². The lowest BCUT2D eigenvalue weighted by Gasteiger charge is -2.32. The molecule has 112 valence electrons. The lowest BCUT2D eigenvalue weighted by atomic mass is 10.0. The monoisotopic (exact) mass is 289 g/mol. The number of hydrogen-bond acceptors (Lipinski definition) is 4. The normalized spacial score (nSPS) is 18.4. The van der Waals surface area contributed by atoms with Crippen LogP contribution >= 0.6 is 0 Å². The van der Waals surface area contributed by atoms with Crippen molar-refractivity contribution in [2.75, 3.05) is 18.4 Å². The molecule has 6 heteroatoms. The summed E-state index contributed by atoms with van der Waals surface area (Å²) in [6.45, 7) is 6.14. The second-order valence-corrected chi connectivity index (χ2v) is 5.08. The van der Waals surface area contributed by atoms with Crippen LogP contribution in [0.3, 0.4) is 0 Å². The van der Waals surface area contributed by atoms with Crippen LogP contribution < -0.4 is 10.6 Å². The van der Waals surface area contributed by atoms with Gasteiger partial charge in [0.2, 0.25) is 11.8 Å². The molecule has 21 heavy (non-hydrogen) atoms. The van der Waals surface area contributed by atoms with Crippen molar-refractivity contribution in [2.24, 2.45) is 0 Å². The third-order valence-electron chi connectivity index (χ3n) is 3.52. The van der Waals surface area contributed by atoms with Crippen LogP contribution in [0, 0.1) is 6.92 Å². The fraction of sp³-hybridized carbons (Fsp3) is 0.400. The second kappa shape index (κ2) is 5.95. The Balaban J connectivity index is 2.27. The Morgan fingerprint density at radius 2 is 2.14 bits per heavy atom. The summed E-state index contributed by atoms with van der Waals surface area (Å²) < 4.78 is 0. The van der Waals surface area contributed by atoms with Crippen molar-refractivity contribution in [3.05, 3.63) is 29.3 Å². The van der Waals surface area contributed by atoms with E-state index < -0.39 is 17.9 Å². The van der Waals surface area contributed by atoms with Crippen LogP contribution in [-0.4, -0.2) is 41.8 Å². The molecule has 0 spiro atoms. The van der Waals surface area contributed by atoms with Gasteiger partial charge in [-0.1, -0.05) is 0 Å². The van der Waals surface area contributed by atoms with Crippen LogP contribution in [0.25, 0.3) is 0 Å². The molecule has 1 aliphatic heterocycles. The Labute approximate surface area is 123 Å². The highest BCUT2D eigenvalue weighted by Gasteiger charge is 2.34. The van der Waals surface area contributed by atoms with E-state index >= 15 is 0 Å². The Morgan fingerprint density at radius 1 is 1.43 bits per heavy atom. The fourth-order valence-electron chi connectivity index (χ4n) is 2.33. The van der Waals surface area contributed by atoms with Crippen molar-refractivity contribution in [3.8, 4) is 0 Å². The molecule has 0 aromatic heterocycles. The van der Waals surface area contributed by atoms with Gasteiger partial charge in [-0.15, -0.1) is 0 Å². The minimum Gasteiger partial charge on any atom is -0.385 e. The maximum Gasteiger partial charge on any atom is 0.255 e. The van der Waals surface area contributed by atoms with Gasteiger partial charge in [-0.2, -0.15) is 0 Å². The predicted octanol–water partition coefficient (Wildman–Crippen LogP) is 0.914. The van der Waals surface area contributed by atoms with E-state index in [9.17, 15) is 14.4 Å². The first-order valence-electron chi connectivity index (χ1n) is 6.93. The van der Waals surface area contributed by atoms with Crippen molar-refractivity contribution in [3.63, 3.8) is 0 Å². The Hall–Kier alpha value is -2.37. The van der Waals surface area contributed by atoms with Gasteiger partial charge in [0.05, 0.1) is 0 Å². The van der Waals surface area contributed by atoms with Gasteiger partial charge >= 0.3 is 0 Å². The van der Waals surface area contributed by atoms with Crippen LogP contribution in [0.2, 0.25) is 0 Å². The van der Waals surface area contributed by atoms with E-state index in [1.54, 1.807) is 13.0 Å². The van der Waals surface area contributed by atoms with Gasteiger partial charge in [0.15, 0.2) is 0 Å². The lowest BCUT2D eigenvalue weighted by molar-refractivity contribution is -0.138. The molecule has 1 saturated heterocycles. The van der Waals surface area contributed by atoms with Crippen molar-refractivity contribution in [1.29, 1.82) is 0 Å². The fourth-order valence-corrected chi connectivity index (χ4v) is 2.33. The molecule has 0 bridgehead atoms. The van der Waals surface area contributed by atoms with Crippen molar-refractivity contribution in [2.45, 2.75) is 26.8 Å². The molecule has 1 unspecified atom stereocenters. The first kappa shape index (κ1) is 15.0. The van der Waals surface area contributed by atoms with E-state index in [1.807, 2.05) is 26.0 Å². The molecule has 1 aromatic carbocycles. The molecular weight excluding hydrogens is 270 g/mol. The van der Waals surface area contributed by atoms with E-state index in [1.165, 1.54) is 4.90 Å². The van der Waals surface area contributed by atoms with Crippen LogP contribution in [0.1, 0.15) is 29.8 Å². The van der Waals surface area contributed by atoms with Gasteiger partial charge in [-0.05, 0) is 44.5 Å². The highest BCUT2D eigenvalue weighted by molar-refractivity contribution is 6.07. The maximum atomic E-state index is 12.6. The average Bonchev–Trinajstić information content (AvgIpc) is 2.42. The number of imide groups is 1. The third kappa shape index (κ3) is 3.04. The molecule has 2 N–H and O–H groups in total. The molecule has 6 nitrogen and oxygen atoms in total. The summed E-state index contributed by atoms with van der Waals surface area (Å²) in [5.41, 5.74) is 2.25.